The van der Waals surface area contributed by atoms with E-state index < -0.39 is 18.0 Å². The third-order valence-corrected chi connectivity index (χ3v) is 6.74. The predicted octanol–water partition coefficient (Wildman–Crippen LogP) is 6.31. The molecule has 0 aliphatic carbocycles. The summed E-state index contributed by atoms with van der Waals surface area (Å²) in [7, 11) is 1.53. The van der Waals surface area contributed by atoms with E-state index in [0.717, 1.165) is 31.6 Å². The summed E-state index contributed by atoms with van der Waals surface area (Å²) in [5.41, 5.74) is 2.65. The van der Waals surface area contributed by atoms with E-state index in [1.54, 1.807) is 48.6 Å². The third-order valence-electron chi connectivity index (χ3n) is 5.67. The first kappa shape index (κ1) is 22.6. The second-order valence-corrected chi connectivity index (χ2v) is 8.96. The normalized spacial score (nSPS) is 11.8. The number of rotatable bonds is 6. The minimum atomic E-state index is -1.02. The number of ether oxygens (including phenoxy) is 2. The summed E-state index contributed by atoms with van der Waals surface area (Å²) in [4.78, 5) is 30.8. The van der Waals surface area contributed by atoms with Crippen LogP contribution < -0.4 is 10.1 Å². The molecule has 35 heavy (non-hydrogen) atoms. The Labute approximate surface area is 206 Å². The van der Waals surface area contributed by atoms with Gasteiger partial charge in [-0.2, -0.15) is 0 Å². The van der Waals surface area contributed by atoms with Crippen LogP contribution in [0.4, 0.5) is 5.69 Å². The molecule has 0 spiro atoms. The third kappa shape index (κ3) is 4.46. The highest BCUT2D eigenvalue weighted by molar-refractivity contribution is 7.21. The summed E-state index contributed by atoms with van der Waals surface area (Å²) in [6, 6.07) is 26.3. The molecule has 1 aromatic heterocycles. The van der Waals surface area contributed by atoms with Gasteiger partial charge in [-0.05, 0) is 42.6 Å². The van der Waals surface area contributed by atoms with Gasteiger partial charge in [0.15, 0.2) is 6.10 Å². The molecular weight excluding hydrogens is 460 g/mol. The molecule has 5 aromatic rings. The Balaban J connectivity index is 1.45. The van der Waals surface area contributed by atoms with Crippen molar-refractivity contribution in [2.24, 2.45) is 0 Å². The van der Waals surface area contributed by atoms with Crippen LogP contribution in [0.5, 0.6) is 5.75 Å². The molecule has 4 aromatic carbocycles. The lowest BCUT2D eigenvalue weighted by Crippen LogP contribution is -2.30. The van der Waals surface area contributed by atoms with E-state index in [1.165, 1.54) is 7.11 Å². The van der Waals surface area contributed by atoms with Crippen LogP contribution >= 0.6 is 11.3 Å². The molecule has 7 heteroatoms. The van der Waals surface area contributed by atoms with Crippen molar-refractivity contribution in [2.75, 3.05) is 12.4 Å². The topological polar surface area (TPSA) is 77.5 Å². The summed E-state index contributed by atoms with van der Waals surface area (Å²) in [6.45, 7) is 1.54. The fourth-order valence-corrected chi connectivity index (χ4v) is 4.93. The lowest BCUT2D eigenvalue weighted by molar-refractivity contribution is -0.123. The van der Waals surface area contributed by atoms with Gasteiger partial charge >= 0.3 is 5.97 Å². The zero-order valence-corrected chi connectivity index (χ0v) is 20.0. The van der Waals surface area contributed by atoms with Crippen LogP contribution in [-0.2, 0) is 9.53 Å². The molecule has 0 saturated carbocycles. The molecule has 1 N–H and O–H groups in total. The molecule has 1 atom stereocenters. The van der Waals surface area contributed by atoms with Gasteiger partial charge in [0.1, 0.15) is 10.8 Å². The highest BCUT2D eigenvalue weighted by Crippen LogP contribution is 2.36. The molecule has 1 heterocycles. The van der Waals surface area contributed by atoms with Crippen LogP contribution in [0, 0.1) is 0 Å². The van der Waals surface area contributed by atoms with E-state index in [1.807, 2.05) is 54.6 Å². The largest absolute Gasteiger partial charge is 0.495 e. The quantitative estimate of drug-likeness (QED) is 0.287. The number of amides is 1. The first-order valence-corrected chi connectivity index (χ1v) is 11.9. The molecule has 0 radical (unpaired) electrons. The monoisotopic (exact) mass is 482 g/mol. The van der Waals surface area contributed by atoms with Gasteiger partial charge in [-0.3, -0.25) is 4.79 Å². The molecule has 1 amide bonds. The molecule has 6 nitrogen and oxygen atoms in total. The Morgan fingerprint density at radius 1 is 0.914 bits per heavy atom. The van der Waals surface area contributed by atoms with Gasteiger partial charge in [0.2, 0.25) is 0 Å². The van der Waals surface area contributed by atoms with Crippen LogP contribution in [0.25, 0.3) is 31.6 Å². The van der Waals surface area contributed by atoms with Gasteiger partial charge in [-0.1, -0.05) is 54.6 Å². The number of methoxy groups -OCH3 is 1. The molecule has 0 saturated heterocycles. The lowest BCUT2D eigenvalue weighted by atomic mass is 9.99. The van der Waals surface area contributed by atoms with Gasteiger partial charge in [-0.15, -0.1) is 11.3 Å². The Morgan fingerprint density at radius 3 is 2.46 bits per heavy atom. The van der Waals surface area contributed by atoms with Crippen LogP contribution in [0.1, 0.15) is 17.3 Å². The number of nitrogens with zero attached hydrogens (tertiary/aromatic N) is 1. The second kappa shape index (κ2) is 9.56. The summed E-state index contributed by atoms with van der Waals surface area (Å²) < 4.78 is 11.9. The highest BCUT2D eigenvalue weighted by Gasteiger charge is 2.23. The first-order valence-electron chi connectivity index (χ1n) is 11.1. The second-order valence-electron chi connectivity index (χ2n) is 7.93. The van der Waals surface area contributed by atoms with Crippen molar-refractivity contribution in [1.82, 2.24) is 4.98 Å². The maximum absolute atomic E-state index is 13.3. The molecule has 174 valence electrons. The fraction of sp³-hybridized carbons (Fsp3) is 0.107. The average Bonchev–Trinajstić information content (AvgIpc) is 3.32. The number of nitrogens with one attached hydrogen (secondary N) is 1. The average molecular weight is 483 g/mol. The number of benzene rings is 4. The smallest absolute Gasteiger partial charge is 0.339 e. The minimum Gasteiger partial charge on any atom is -0.495 e. The zero-order chi connectivity index (χ0) is 24.4. The zero-order valence-electron chi connectivity index (χ0n) is 19.1. The van der Waals surface area contributed by atoms with E-state index in [9.17, 15) is 9.59 Å². The molecule has 0 aliphatic rings. The molecule has 1 unspecified atom stereocenters. The predicted molar refractivity (Wildman–Crippen MR) is 139 cm³/mol. The maximum Gasteiger partial charge on any atom is 0.339 e. The number of thiazole rings is 1. The standard InChI is InChI=1S/C28H22N2O4S/c1-17(26(31)29-21-13-3-5-15-23(21)33-2)34-28(32)20-12-8-10-18-9-7-11-19(25(18)20)27-30-22-14-4-6-16-24(22)35-27/h3-17H,1-2H3,(H,29,31). The molecule has 0 bridgehead atoms. The van der Waals surface area contributed by atoms with Crippen LogP contribution in [0.3, 0.4) is 0 Å². The van der Waals surface area contributed by atoms with E-state index >= 15 is 0 Å². The first-order chi connectivity index (χ1) is 17.0. The maximum atomic E-state index is 13.3. The van der Waals surface area contributed by atoms with Gasteiger partial charge in [-0.25, -0.2) is 9.78 Å². The van der Waals surface area contributed by atoms with E-state index in [2.05, 4.69) is 5.32 Å². The number of hydrogen-bond donors (Lipinski definition) is 1. The van der Waals surface area contributed by atoms with Crippen molar-refractivity contribution in [2.45, 2.75) is 13.0 Å². The highest BCUT2D eigenvalue weighted by atomic mass is 32.1. The number of fused-ring (bicyclic) bond motifs is 2. The van der Waals surface area contributed by atoms with Gasteiger partial charge in [0.25, 0.3) is 5.91 Å². The van der Waals surface area contributed by atoms with E-state index in [-0.39, 0.29) is 0 Å². The van der Waals surface area contributed by atoms with Crippen LogP contribution in [0.2, 0.25) is 0 Å². The van der Waals surface area contributed by atoms with Gasteiger partial charge < -0.3 is 14.8 Å². The fourth-order valence-electron chi connectivity index (χ4n) is 3.94. The number of hydrogen-bond acceptors (Lipinski definition) is 6. The number of esters is 1. The van der Waals surface area contributed by atoms with E-state index in [4.69, 9.17) is 14.5 Å². The van der Waals surface area contributed by atoms with Gasteiger partial charge in [0, 0.05) is 10.9 Å². The summed E-state index contributed by atoms with van der Waals surface area (Å²) in [5.74, 6) is -0.504. The molecule has 0 fully saturated rings. The van der Waals surface area contributed by atoms with Crippen molar-refractivity contribution >= 4 is 49.9 Å². The Morgan fingerprint density at radius 2 is 1.66 bits per heavy atom. The van der Waals surface area contributed by atoms with Crippen LogP contribution in [0.15, 0.2) is 84.9 Å². The van der Waals surface area contributed by atoms with E-state index in [0.29, 0.717) is 17.0 Å². The SMILES string of the molecule is COc1ccccc1NC(=O)C(C)OC(=O)c1cccc2cccc(-c3nc4ccccc4s3)c12. The summed E-state index contributed by atoms with van der Waals surface area (Å²) in [5, 5.41) is 5.21. The summed E-state index contributed by atoms with van der Waals surface area (Å²) in [6.07, 6.45) is -1.02. The van der Waals surface area contributed by atoms with Crippen molar-refractivity contribution in [3.05, 3.63) is 90.5 Å². The number of carbonyl (C=O) groups is 2. The van der Waals surface area contributed by atoms with Gasteiger partial charge in [0.05, 0.1) is 28.6 Å². The van der Waals surface area contributed by atoms with Crippen molar-refractivity contribution in [1.29, 1.82) is 0 Å². The Bertz CT molecular complexity index is 1520. The number of para-hydroxylation sites is 3. The molecule has 5 rings (SSSR count). The molecular formula is C28H22N2O4S. The summed E-state index contributed by atoms with van der Waals surface area (Å²) >= 11 is 1.57. The molecule has 0 aliphatic heterocycles. The lowest BCUT2D eigenvalue weighted by Gasteiger charge is -2.16. The Hall–Kier alpha value is -4.23. The number of aromatic nitrogens is 1. The number of carbonyl (C=O) groups excluding carboxylic acids is 2. The van der Waals surface area contributed by atoms with Crippen molar-refractivity contribution < 1.29 is 19.1 Å². The van der Waals surface area contributed by atoms with Crippen LogP contribution in [-0.4, -0.2) is 30.1 Å². The van der Waals surface area contributed by atoms with Crippen molar-refractivity contribution in [3.8, 4) is 16.3 Å². The van der Waals surface area contributed by atoms with Crippen molar-refractivity contribution in [3.63, 3.8) is 0 Å². The minimum absolute atomic E-state index is 0.384. The Kier molecular flexibility index (Phi) is 6.16. The number of anilines is 1.